The summed E-state index contributed by atoms with van der Waals surface area (Å²) in [6, 6.07) is 4.30. The van der Waals surface area contributed by atoms with Crippen molar-refractivity contribution in [2.24, 2.45) is 0 Å². The fraction of sp³-hybridized carbons (Fsp3) is 0.308. The Morgan fingerprint density at radius 3 is 2.75 bits per heavy atom. The number of aromatic nitrogens is 1. The lowest BCUT2D eigenvalue weighted by Gasteiger charge is -2.12. The molecule has 0 aliphatic carbocycles. The standard InChI is InChI=1S/C13H14N2O/c1-7-5-10-9-3-4-14-13(16)12(9)15-11(10)6-8(7)2/h5-6,15H,3-4H2,1-2H3,(H,14,16). The van der Waals surface area contributed by atoms with Crippen molar-refractivity contribution in [2.45, 2.75) is 20.3 Å². The van der Waals surface area contributed by atoms with E-state index in [0.29, 0.717) is 0 Å². The molecule has 2 N–H and O–H groups in total. The second-order valence-electron chi connectivity index (χ2n) is 4.47. The lowest BCUT2D eigenvalue weighted by molar-refractivity contribution is 0.0942. The molecule has 0 saturated carbocycles. The van der Waals surface area contributed by atoms with Gasteiger partial charge in [0.25, 0.3) is 5.91 Å². The third-order valence-electron chi connectivity index (χ3n) is 3.41. The summed E-state index contributed by atoms with van der Waals surface area (Å²) in [7, 11) is 0. The summed E-state index contributed by atoms with van der Waals surface area (Å²) in [5.41, 5.74) is 5.52. The Hall–Kier alpha value is -1.77. The first kappa shape index (κ1) is 9.46. The molecule has 0 fully saturated rings. The lowest BCUT2D eigenvalue weighted by atomic mass is 10.0. The minimum atomic E-state index is 0.0211. The zero-order chi connectivity index (χ0) is 11.3. The summed E-state index contributed by atoms with van der Waals surface area (Å²) in [4.78, 5) is 14.9. The first-order valence-electron chi connectivity index (χ1n) is 5.57. The van der Waals surface area contributed by atoms with Gasteiger partial charge >= 0.3 is 0 Å². The van der Waals surface area contributed by atoms with Crippen LogP contribution >= 0.6 is 0 Å². The second-order valence-corrected chi connectivity index (χ2v) is 4.47. The third kappa shape index (κ3) is 1.18. The topological polar surface area (TPSA) is 44.9 Å². The van der Waals surface area contributed by atoms with Crippen molar-refractivity contribution in [1.82, 2.24) is 10.3 Å². The van der Waals surface area contributed by atoms with Gasteiger partial charge in [0.1, 0.15) is 5.69 Å². The Kier molecular flexibility index (Phi) is 1.84. The molecule has 0 bridgehead atoms. The molecule has 0 spiro atoms. The van der Waals surface area contributed by atoms with Gasteiger partial charge in [-0.25, -0.2) is 0 Å². The Balaban J connectivity index is 2.36. The molecule has 1 aliphatic rings. The largest absolute Gasteiger partial charge is 0.350 e. The molecule has 0 atom stereocenters. The summed E-state index contributed by atoms with van der Waals surface area (Å²) in [6.45, 7) is 4.94. The highest BCUT2D eigenvalue weighted by molar-refractivity contribution is 6.02. The van der Waals surface area contributed by atoms with Crippen molar-refractivity contribution in [3.63, 3.8) is 0 Å². The van der Waals surface area contributed by atoms with Crippen molar-refractivity contribution in [1.29, 1.82) is 0 Å². The predicted octanol–water partition coefficient (Wildman–Crippen LogP) is 2.07. The van der Waals surface area contributed by atoms with E-state index in [0.717, 1.165) is 24.2 Å². The highest BCUT2D eigenvalue weighted by atomic mass is 16.1. The molecule has 0 saturated heterocycles. The molecule has 1 aliphatic heterocycles. The predicted molar refractivity (Wildman–Crippen MR) is 63.8 cm³/mol. The molecule has 2 heterocycles. The van der Waals surface area contributed by atoms with E-state index in [2.05, 4.69) is 36.3 Å². The van der Waals surface area contributed by atoms with E-state index in [1.807, 2.05) is 0 Å². The van der Waals surface area contributed by atoms with E-state index in [-0.39, 0.29) is 5.91 Å². The molecule has 0 radical (unpaired) electrons. The Morgan fingerprint density at radius 2 is 1.94 bits per heavy atom. The first-order valence-corrected chi connectivity index (χ1v) is 5.57. The minimum absolute atomic E-state index is 0.0211. The number of aryl methyl sites for hydroxylation is 2. The maximum atomic E-state index is 11.7. The van der Waals surface area contributed by atoms with E-state index in [1.165, 1.54) is 22.1 Å². The molecular formula is C13H14N2O. The van der Waals surface area contributed by atoms with Crippen LogP contribution in [0, 0.1) is 13.8 Å². The van der Waals surface area contributed by atoms with Crippen LogP contribution in [0.25, 0.3) is 10.9 Å². The summed E-state index contributed by atoms with van der Waals surface area (Å²) < 4.78 is 0. The van der Waals surface area contributed by atoms with E-state index in [1.54, 1.807) is 0 Å². The van der Waals surface area contributed by atoms with Crippen LogP contribution in [0.3, 0.4) is 0 Å². The van der Waals surface area contributed by atoms with Crippen molar-refractivity contribution in [3.05, 3.63) is 34.5 Å². The zero-order valence-corrected chi connectivity index (χ0v) is 9.48. The first-order chi connectivity index (χ1) is 7.66. The average molecular weight is 214 g/mol. The van der Waals surface area contributed by atoms with Crippen LogP contribution < -0.4 is 5.32 Å². The zero-order valence-electron chi connectivity index (χ0n) is 9.48. The number of carbonyl (C=O) groups is 1. The molecule has 82 valence electrons. The smallest absolute Gasteiger partial charge is 0.268 e. The number of hydrogen-bond acceptors (Lipinski definition) is 1. The van der Waals surface area contributed by atoms with Crippen LogP contribution in [0.5, 0.6) is 0 Å². The van der Waals surface area contributed by atoms with E-state index in [9.17, 15) is 4.79 Å². The Labute approximate surface area is 93.9 Å². The quantitative estimate of drug-likeness (QED) is 0.692. The SMILES string of the molecule is Cc1cc2[nH]c3c(c2cc1C)CCNC3=O. The minimum Gasteiger partial charge on any atom is -0.350 e. The van der Waals surface area contributed by atoms with Crippen molar-refractivity contribution in [2.75, 3.05) is 6.54 Å². The molecule has 16 heavy (non-hydrogen) atoms. The van der Waals surface area contributed by atoms with Gasteiger partial charge in [0.2, 0.25) is 0 Å². The summed E-state index contributed by atoms with van der Waals surface area (Å²) in [6.07, 6.45) is 0.920. The van der Waals surface area contributed by atoms with Gasteiger partial charge in [0, 0.05) is 17.4 Å². The molecule has 1 aromatic heterocycles. The summed E-state index contributed by atoms with van der Waals surface area (Å²) in [5.74, 6) is 0.0211. The van der Waals surface area contributed by atoms with Gasteiger partial charge in [-0.05, 0) is 49.1 Å². The van der Waals surface area contributed by atoms with Crippen molar-refractivity contribution >= 4 is 16.8 Å². The molecule has 0 unspecified atom stereocenters. The molecular weight excluding hydrogens is 200 g/mol. The van der Waals surface area contributed by atoms with Gasteiger partial charge in [0.15, 0.2) is 0 Å². The van der Waals surface area contributed by atoms with Crippen LogP contribution in [0.4, 0.5) is 0 Å². The molecule has 1 aromatic carbocycles. The summed E-state index contributed by atoms with van der Waals surface area (Å²) in [5, 5.41) is 4.06. The lowest BCUT2D eigenvalue weighted by Crippen LogP contribution is -2.31. The Morgan fingerprint density at radius 1 is 1.19 bits per heavy atom. The number of benzene rings is 1. The van der Waals surface area contributed by atoms with Crippen LogP contribution in [0.2, 0.25) is 0 Å². The highest BCUT2D eigenvalue weighted by Gasteiger charge is 2.21. The van der Waals surface area contributed by atoms with E-state index < -0.39 is 0 Å². The van der Waals surface area contributed by atoms with Crippen LogP contribution in [-0.2, 0) is 6.42 Å². The van der Waals surface area contributed by atoms with Crippen LogP contribution in [0.1, 0.15) is 27.2 Å². The van der Waals surface area contributed by atoms with Gasteiger partial charge in [-0.15, -0.1) is 0 Å². The van der Waals surface area contributed by atoms with Crippen LogP contribution in [-0.4, -0.2) is 17.4 Å². The average Bonchev–Trinajstić information content (AvgIpc) is 2.59. The second kappa shape index (κ2) is 3.11. The fourth-order valence-corrected chi connectivity index (χ4v) is 2.36. The number of carbonyl (C=O) groups excluding carboxylic acids is 1. The molecule has 3 rings (SSSR count). The molecule has 3 heteroatoms. The maximum absolute atomic E-state index is 11.7. The van der Waals surface area contributed by atoms with Crippen molar-refractivity contribution in [3.8, 4) is 0 Å². The maximum Gasteiger partial charge on any atom is 0.268 e. The molecule has 1 amide bonds. The van der Waals surface area contributed by atoms with Gasteiger partial charge in [-0.3, -0.25) is 4.79 Å². The van der Waals surface area contributed by atoms with Crippen LogP contribution in [0.15, 0.2) is 12.1 Å². The van der Waals surface area contributed by atoms with E-state index in [4.69, 9.17) is 0 Å². The number of amides is 1. The third-order valence-corrected chi connectivity index (χ3v) is 3.41. The number of H-pyrrole nitrogens is 1. The molecule has 3 nitrogen and oxygen atoms in total. The molecule has 2 aromatic rings. The number of hydrogen-bond donors (Lipinski definition) is 2. The van der Waals surface area contributed by atoms with E-state index >= 15 is 0 Å². The normalized spacial score (nSPS) is 15.0. The van der Waals surface area contributed by atoms with Gasteiger partial charge in [-0.2, -0.15) is 0 Å². The number of fused-ring (bicyclic) bond motifs is 3. The monoisotopic (exact) mass is 214 g/mol. The fourth-order valence-electron chi connectivity index (χ4n) is 2.36. The summed E-state index contributed by atoms with van der Waals surface area (Å²) >= 11 is 0. The number of rotatable bonds is 0. The Bertz CT molecular complexity index is 595. The highest BCUT2D eigenvalue weighted by Crippen LogP contribution is 2.27. The van der Waals surface area contributed by atoms with Crippen molar-refractivity contribution < 1.29 is 4.79 Å². The van der Waals surface area contributed by atoms with Gasteiger partial charge in [-0.1, -0.05) is 0 Å². The van der Waals surface area contributed by atoms with Gasteiger partial charge < -0.3 is 10.3 Å². The number of aromatic amines is 1. The number of nitrogens with one attached hydrogen (secondary N) is 2. The van der Waals surface area contributed by atoms with Gasteiger partial charge in [0.05, 0.1) is 0 Å².